The maximum absolute atomic E-state index is 12.8. The number of para-hydroxylation sites is 1. The molecule has 2 heterocycles. The molecule has 27 heavy (non-hydrogen) atoms. The number of pyridine rings is 1. The predicted molar refractivity (Wildman–Crippen MR) is 112 cm³/mol. The Morgan fingerprint density at radius 3 is 2.59 bits per heavy atom. The highest BCUT2D eigenvalue weighted by Gasteiger charge is 2.16. The maximum atomic E-state index is 12.8. The fourth-order valence-electron chi connectivity index (χ4n) is 3.46. The van der Waals surface area contributed by atoms with E-state index < -0.39 is 0 Å². The zero-order chi connectivity index (χ0) is 19.1. The molecule has 0 fully saturated rings. The lowest BCUT2D eigenvalue weighted by atomic mass is 10.1. The van der Waals surface area contributed by atoms with E-state index in [2.05, 4.69) is 15.9 Å². The molecule has 0 saturated carbocycles. The summed E-state index contributed by atoms with van der Waals surface area (Å²) in [6.07, 6.45) is 0.858. The van der Waals surface area contributed by atoms with Gasteiger partial charge in [0.15, 0.2) is 0 Å². The summed E-state index contributed by atoms with van der Waals surface area (Å²) >= 11 is 3.52. The molecule has 0 saturated heterocycles. The van der Waals surface area contributed by atoms with Crippen LogP contribution >= 0.6 is 15.9 Å². The number of hydrogen-bond acceptors (Lipinski definition) is 3. The van der Waals surface area contributed by atoms with Crippen molar-refractivity contribution in [1.29, 1.82) is 0 Å². The summed E-state index contributed by atoms with van der Waals surface area (Å²) in [7, 11) is 1.69. The Bertz CT molecular complexity index is 1300. The van der Waals surface area contributed by atoms with Crippen LogP contribution in [0.3, 0.4) is 0 Å². The normalized spacial score (nSPS) is 11.4. The molecule has 2 aromatic carbocycles. The highest BCUT2D eigenvalue weighted by atomic mass is 79.9. The van der Waals surface area contributed by atoms with Gasteiger partial charge < -0.3 is 4.57 Å². The van der Waals surface area contributed by atoms with Crippen molar-refractivity contribution in [2.75, 3.05) is 0 Å². The van der Waals surface area contributed by atoms with Crippen LogP contribution in [-0.4, -0.2) is 14.1 Å². The van der Waals surface area contributed by atoms with E-state index in [1.165, 1.54) is 4.57 Å². The molecular weight excluding hydrogens is 406 g/mol. The molecule has 136 valence electrons. The molecule has 4 rings (SSSR count). The minimum atomic E-state index is -0.128. The second-order valence-electron chi connectivity index (χ2n) is 6.53. The first-order chi connectivity index (χ1) is 13.0. The molecule has 0 atom stereocenters. The van der Waals surface area contributed by atoms with Crippen LogP contribution in [-0.2, 0) is 13.6 Å². The predicted octanol–water partition coefficient (Wildman–Crippen LogP) is 4.09. The van der Waals surface area contributed by atoms with E-state index in [1.807, 2.05) is 43.3 Å². The Labute approximate surface area is 164 Å². The third-order valence-electron chi connectivity index (χ3n) is 4.74. The van der Waals surface area contributed by atoms with Crippen LogP contribution in [0.15, 0.2) is 62.6 Å². The van der Waals surface area contributed by atoms with Crippen molar-refractivity contribution in [3.63, 3.8) is 0 Å². The smallest absolute Gasteiger partial charge is 0.261 e. The van der Waals surface area contributed by atoms with E-state index in [9.17, 15) is 9.59 Å². The number of rotatable bonds is 3. The Hall–Kier alpha value is -2.73. The molecule has 6 heteroatoms. The van der Waals surface area contributed by atoms with Gasteiger partial charge in [-0.3, -0.25) is 14.2 Å². The van der Waals surface area contributed by atoms with Crippen molar-refractivity contribution in [1.82, 2.24) is 14.1 Å². The average Bonchev–Trinajstić information content (AvgIpc) is 2.67. The molecule has 0 aliphatic carbocycles. The molecule has 0 N–H and O–H groups in total. The van der Waals surface area contributed by atoms with Crippen molar-refractivity contribution >= 4 is 37.7 Å². The molecule has 5 nitrogen and oxygen atoms in total. The molecule has 0 radical (unpaired) electrons. The van der Waals surface area contributed by atoms with Gasteiger partial charge in [-0.2, -0.15) is 0 Å². The number of hydrogen-bond donors (Lipinski definition) is 0. The van der Waals surface area contributed by atoms with Crippen molar-refractivity contribution in [3.8, 4) is 11.4 Å². The van der Waals surface area contributed by atoms with Crippen LogP contribution in [0.5, 0.6) is 0 Å². The second kappa shape index (κ2) is 6.78. The lowest BCUT2D eigenvalue weighted by Gasteiger charge is -2.15. The third kappa shape index (κ3) is 2.90. The zero-order valence-corrected chi connectivity index (χ0v) is 16.7. The van der Waals surface area contributed by atoms with Gasteiger partial charge >= 0.3 is 0 Å². The van der Waals surface area contributed by atoms with Crippen molar-refractivity contribution in [2.24, 2.45) is 7.05 Å². The third-order valence-corrected chi connectivity index (χ3v) is 5.24. The Balaban J connectivity index is 2.14. The number of halogens is 1. The average molecular weight is 424 g/mol. The van der Waals surface area contributed by atoms with Gasteiger partial charge in [0.05, 0.1) is 16.4 Å². The summed E-state index contributed by atoms with van der Waals surface area (Å²) in [5.74, 6) is 0.488. The number of fused-ring (bicyclic) bond motifs is 2. The van der Waals surface area contributed by atoms with Gasteiger partial charge in [0.2, 0.25) is 0 Å². The van der Waals surface area contributed by atoms with E-state index in [1.54, 1.807) is 23.7 Å². The largest absolute Gasteiger partial charge is 0.308 e. The molecule has 2 aromatic heterocycles. The Kier molecular flexibility index (Phi) is 4.44. The number of nitrogens with zero attached hydrogens (tertiary/aromatic N) is 3. The molecule has 4 aromatic rings. The van der Waals surface area contributed by atoms with Crippen LogP contribution in [0.25, 0.3) is 33.2 Å². The fraction of sp³-hybridized carbons (Fsp3) is 0.190. The lowest BCUT2D eigenvalue weighted by Crippen LogP contribution is -2.23. The maximum Gasteiger partial charge on any atom is 0.261 e. The topological polar surface area (TPSA) is 56.9 Å². The van der Waals surface area contributed by atoms with Gasteiger partial charge in [0.1, 0.15) is 5.82 Å². The van der Waals surface area contributed by atoms with Gasteiger partial charge in [-0.25, -0.2) is 4.98 Å². The standard InChI is InChI=1S/C21H18BrN3O2/c1-3-10-25-18-9-8-13(22)11-15(18)16(12-19(25)26)20-23-17-7-5-4-6-14(17)21(27)24(20)2/h4-9,11-12H,3,10H2,1-2H3. The van der Waals surface area contributed by atoms with Crippen LogP contribution in [0.1, 0.15) is 13.3 Å². The van der Waals surface area contributed by atoms with Gasteiger partial charge in [-0.1, -0.05) is 35.0 Å². The van der Waals surface area contributed by atoms with Crippen molar-refractivity contribution < 1.29 is 0 Å². The van der Waals surface area contributed by atoms with Gasteiger partial charge in [-0.05, 0) is 36.8 Å². The van der Waals surface area contributed by atoms with Gasteiger partial charge in [0, 0.05) is 35.1 Å². The van der Waals surface area contributed by atoms with Crippen LogP contribution < -0.4 is 11.1 Å². The van der Waals surface area contributed by atoms with Crippen molar-refractivity contribution in [2.45, 2.75) is 19.9 Å². The first-order valence-electron chi connectivity index (χ1n) is 8.80. The minimum absolute atomic E-state index is 0.0934. The summed E-state index contributed by atoms with van der Waals surface area (Å²) in [5.41, 5.74) is 1.90. The van der Waals surface area contributed by atoms with Crippen LogP contribution in [0.4, 0.5) is 0 Å². The van der Waals surface area contributed by atoms with Gasteiger partial charge in [-0.15, -0.1) is 0 Å². The molecule has 0 aliphatic heterocycles. The van der Waals surface area contributed by atoms with E-state index in [-0.39, 0.29) is 11.1 Å². The molecule has 0 bridgehead atoms. The summed E-state index contributed by atoms with van der Waals surface area (Å²) < 4.78 is 4.19. The zero-order valence-electron chi connectivity index (χ0n) is 15.1. The highest BCUT2D eigenvalue weighted by Crippen LogP contribution is 2.28. The van der Waals surface area contributed by atoms with Gasteiger partial charge in [0.25, 0.3) is 11.1 Å². The number of aryl methyl sites for hydroxylation is 1. The summed E-state index contributed by atoms with van der Waals surface area (Å²) in [4.78, 5) is 30.3. The summed E-state index contributed by atoms with van der Waals surface area (Å²) in [6, 6.07) is 14.7. The highest BCUT2D eigenvalue weighted by molar-refractivity contribution is 9.10. The molecular formula is C21H18BrN3O2. The van der Waals surface area contributed by atoms with Crippen LogP contribution in [0, 0.1) is 0 Å². The van der Waals surface area contributed by atoms with E-state index in [4.69, 9.17) is 4.98 Å². The quantitative estimate of drug-likeness (QED) is 0.498. The molecule has 0 aliphatic rings. The van der Waals surface area contributed by atoms with E-state index in [0.717, 1.165) is 21.8 Å². The van der Waals surface area contributed by atoms with Crippen molar-refractivity contribution in [3.05, 3.63) is 73.7 Å². The number of aromatic nitrogens is 3. The fourth-order valence-corrected chi connectivity index (χ4v) is 3.82. The first kappa shape index (κ1) is 17.7. The number of benzene rings is 2. The first-order valence-corrected chi connectivity index (χ1v) is 9.60. The monoisotopic (exact) mass is 423 g/mol. The second-order valence-corrected chi connectivity index (χ2v) is 7.44. The molecule has 0 amide bonds. The Morgan fingerprint density at radius 2 is 1.81 bits per heavy atom. The SMILES string of the molecule is CCCn1c(=O)cc(-c2nc3ccccc3c(=O)n2C)c2cc(Br)ccc21. The lowest BCUT2D eigenvalue weighted by molar-refractivity contribution is 0.678. The summed E-state index contributed by atoms with van der Waals surface area (Å²) in [6.45, 7) is 2.68. The van der Waals surface area contributed by atoms with E-state index in [0.29, 0.717) is 28.8 Å². The summed E-state index contributed by atoms with van der Waals surface area (Å²) in [5, 5.41) is 1.45. The van der Waals surface area contributed by atoms with E-state index >= 15 is 0 Å². The molecule has 0 unspecified atom stereocenters. The van der Waals surface area contributed by atoms with Crippen LogP contribution in [0.2, 0.25) is 0 Å². The molecule has 0 spiro atoms. The Morgan fingerprint density at radius 1 is 1.04 bits per heavy atom. The minimum Gasteiger partial charge on any atom is -0.308 e.